The Bertz CT molecular complexity index is 3320. The summed E-state index contributed by atoms with van der Waals surface area (Å²) in [5.41, 5.74) is 1.92. The number of hydrogen-bond acceptors (Lipinski definition) is 1. The van der Waals surface area contributed by atoms with E-state index in [1.54, 1.807) is 27.3 Å². The maximum Gasteiger partial charge on any atom is 0.417 e. The molecule has 0 bridgehead atoms. The van der Waals surface area contributed by atoms with Crippen LogP contribution in [0.1, 0.15) is 16.7 Å². The van der Waals surface area contributed by atoms with Gasteiger partial charge in [0.1, 0.15) is 6.07 Å². The molecule has 0 aliphatic carbocycles. The van der Waals surface area contributed by atoms with Crippen LogP contribution in [0.5, 0.6) is 0 Å². The van der Waals surface area contributed by atoms with Crippen LogP contribution in [0.15, 0.2) is 176 Å². The Balaban J connectivity index is 1.35. The highest BCUT2D eigenvalue weighted by Gasteiger charge is 2.42. The van der Waals surface area contributed by atoms with Gasteiger partial charge in [0.2, 0.25) is 0 Å². The predicted molar refractivity (Wildman–Crippen MR) is 226 cm³/mol. The third-order valence-corrected chi connectivity index (χ3v) is 11.2. The second kappa shape index (κ2) is 13.8. The van der Waals surface area contributed by atoms with Crippen LogP contribution in [-0.4, -0.2) is 9.13 Å². The third-order valence-electron chi connectivity index (χ3n) is 11.2. The van der Waals surface area contributed by atoms with Gasteiger partial charge >= 0.3 is 12.4 Å². The standard InChI is InChI=1S/C51H29F6N3/c52-50(53,54)41-18-11-19-42(51(55,56)57)49(41)40-29-47(59-43-20-9-7-16-36(43)38-26-33(22-24-45(38)59)31-12-3-1-4-13-31)35(30-58)28-48(40)60-44-21-10-8-17-37(44)39-27-34(23-25-46(39)60)32-14-5-2-6-15-32/h1-29H. The Morgan fingerprint density at radius 3 is 1.28 bits per heavy atom. The van der Waals surface area contributed by atoms with E-state index in [0.29, 0.717) is 34.2 Å². The van der Waals surface area contributed by atoms with Crippen molar-refractivity contribution in [3.63, 3.8) is 0 Å². The van der Waals surface area contributed by atoms with Crippen molar-refractivity contribution in [1.29, 1.82) is 5.26 Å². The van der Waals surface area contributed by atoms with Crippen LogP contribution in [0.25, 0.3) is 88.4 Å². The Kier molecular flexibility index (Phi) is 8.44. The van der Waals surface area contributed by atoms with E-state index in [1.165, 1.54) is 12.1 Å². The second-order valence-corrected chi connectivity index (χ2v) is 14.6. The summed E-state index contributed by atoms with van der Waals surface area (Å²) in [6.07, 6.45) is -10.3. The summed E-state index contributed by atoms with van der Waals surface area (Å²) in [6.45, 7) is 0. The highest BCUT2D eigenvalue weighted by atomic mass is 19.4. The maximum atomic E-state index is 15.2. The van der Waals surface area contributed by atoms with Crippen molar-refractivity contribution < 1.29 is 26.3 Å². The van der Waals surface area contributed by atoms with Gasteiger partial charge in [-0.15, -0.1) is 0 Å². The zero-order chi connectivity index (χ0) is 41.3. The lowest BCUT2D eigenvalue weighted by Gasteiger charge is -2.24. The molecule has 0 atom stereocenters. The Labute approximate surface area is 339 Å². The van der Waals surface area contributed by atoms with Crippen molar-refractivity contribution >= 4 is 43.6 Å². The molecule has 0 saturated heterocycles. The minimum Gasteiger partial charge on any atom is -0.309 e. The van der Waals surface area contributed by atoms with E-state index in [-0.39, 0.29) is 22.5 Å². The van der Waals surface area contributed by atoms with Gasteiger partial charge < -0.3 is 9.13 Å². The first kappa shape index (κ1) is 36.7. The molecule has 0 amide bonds. The molecule has 2 aromatic heterocycles. The van der Waals surface area contributed by atoms with Crippen LogP contribution in [0.3, 0.4) is 0 Å². The summed E-state index contributed by atoms with van der Waals surface area (Å²) >= 11 is 0. The highest BCUT2D eigenvalue weighted by Crippen LogP contribution is 2.49. The van der Waals surface area contributed by atoms with Crippen LogP contribution in [-0.2, 0) is 12.4 Å². The summed E-state index contributed by atoms with van der Waals surface area (Å²) < 4.78 is 94.4. The van der Waals surface area contributed by atoms with E-state index < -0.39 is 29.0 Å². The lowest BCUT2D eigenvalue weighted by molar-refractivity contribution is -0.142. The number of hydrogen-bond donors (Lipinski definition) is 0. The molecule has 60 heavy (non-hydrogen) atoms. The number of benzene rings is 8. The minimum absolute atomic E-state index is 0.0108. The molecule has 0 aliphatic heterocycles. The van der Waals surface area contributed by atoms with Gasteiger partial charge in [-0.05, 0) is 82.9 Å². The van der Waals surface area contributed by atoms with E-state index in [1.807, 2.05) is 127 Å². The number of aromatic nitrogens is 2. The Hall–Kier alpha value is -7.57. The highest BCUT2D eigenvalue weighted by molar-refractivity contribution is 6.12. The van der Waals surface area contributed by atoms with E-state index in [4.69, 9.17) is 0 Å². The molecule has 2 heterocycles. The summed E-state index contributed by atoms with van der Waals surface area (Å²) in [4.78, 5) is 0. The summed E-state index contributed by atoms with van der Waals surface area (Å²) in [5.74, 6) is 0. The summed E-state index contributed by atoms with van der Waals surface area (Å²) in [6, 6.07) is 52.6. The summed E-state index contributed by atoms with van der Waals surface area (Å²) in [7, 11) is 0. The van der Waals surface area contributed by atoms with E-state index in [0.717, 1.165) is 49.9 Å². The normalized spacial score (nSPS) is 12.2. The molecule has 0 fully saturated rings. The number of nitriles is 1. The van der Waals surface area contributed by atoms with E-state index in [2.05, 4.69) is 6.07 Å². The van der Waals surface area contributed by atoms with Crippen molar-refractivity contribution in [2.75, 3.05) is 0 Å². The van der Waals surface area contributed by atoms with Crippen molar-refractivity contribution in [3.8, 4) is 50.8 Å². The molecule has 290 valence electrons. The number of nitrogens with zero attached hydrogens (tertiary/aromatic N) is 3. The first-order chi connectivity index (χ1) is 29.0. The zero-order valence-corrected chi connectivity index (χ0v) is 31.4. The second-order valence-electron chi connectivity index (χ2n) is 14.6. The zero-order valence-electron chi connectivity index (χ0n) is 31.4. The fourth-order valence-corrected chi connectivity index (χ4v) is 8.64. The van der Waals surface area contributed by atoms with Crippen LogP contribution < -0.4 is 0 Å². The van der Waals surface area contributed by atoms with Gasteiger partial charge in [0.25, 0.3) is 0 Å². The lowest BCUT2D eigenvalue weighted by Crippen LogP contribution is -2.15. The molecule has 0 spiro atoms. The quantitative estimate of drug-likeness (QED) is 0.160. The van der Waals surface area contributed by atoms with Crippen molar-refractivity contribution in [2.45, 2.75) is 12.4 Å². The van der Waals surface area contributed by atoms with Gasteiger partial charge in [-0.25, -0.2) is 0 Å². The Morgan fingerprint density at radius 1 is 0.383 bits per heavy atom. The molecule has 3 nitrogen and oxygen atoms in total. The van der Waals surface area contributed by atoms with Gasteiger partial charge in [-0.2, -0.15) is 31.6 Å². The van der Waals surface area contributed by atoms with Crippen LogP contribution >= 0.6 is 0 Å². The molecule has 9 heteroatoms. The van der Waals surface area contributed by atoms with Gasteiger partial charge in [0.05, 0.1) is 50.1 Å². The molecule has 0 unspecified atom stereocenters. The smallest absolute Gasteiger partial charge is 0.309 e. The monoisotopic (exact) mass is 797 g/mol. The number of fused-ring (bicyclic) bond motifs is 6. The Morgan fingerprint density at radius 2 is 0.817 bits per heavy atom. The molecule has 0 aliphatic rings. The van der Waals surface area contributed by atoms with Crippen molar-refractivity contribution in [1.82, 2.24) is 9.13 Å². The van der Waals surface area contributed by atoms with E-state index >= 15 is 26.3 Å². The van der Waals surface area contributed by atoms with Gasteiger partial charge in [0.15, 0.2) is 0 Å². The first-order valence-electron chi connectivity index (χ1n) is 19.0. The van der Waals surface area contributed by atoms with Crippen molar-refractivity contribution in [3.05, 3.63) is 193 Å². The fourth-order valence-electron chi connectivity index (χ4n) is 8.64. The van der Waals surface area contributed by atoms with Gasteiger partial charge in [-0.1, -0.05) is 115 Å². The lowest BCUT2D eigenvalue weighted by atomic mass is 9.90. The molecule has 10 rings (SSSR count). The largest absolute Gasteiger partial charge is 0.417 e. The molecule has 0 saturated carbocycles. The average Bonchev–Trinajstić information content (AvgIpc) is 3.77. The predicted octanol–water partition coefficient (Wildman–Crippen LogP) is 14.8. The molecular formula is C51H29F6N3. The van der Waals surface area contributed by atoms with Crippen LogP contribution in [0.4, 0.5) is 26.3 Å². The van der Waals surface area contributed by atoms with Crippen molar-refractivity contribution in [2.24, 2.45) is 0 Å². The molecule has 8 aromatic carbocycles. The van der Waals surface area contributed by atoms with Crippen LogP contribution in [0, 0.1) is 11.3 Å². The molecule has 10 aromatic rings. The topological polar surface area (TPSA) is 33.6 Å². The average molecular weight is 798 g/mol. The van der Waals surface area contributed by atoms with Gasteiger partial charge in [0, 0.05) is 32.7 Å². The fraction of sp³-hybridized carbons (Fsp3) is 0.0392. The minimum atomic E-state index is -5.17. The van der Waals surface area contributed by atoms with Gasteiger partial charge in [-0.3, -0.25) is 0 Å². The number of halogens is 6. The van der Waals surface area contributed by atoms with E-state index in [9.17, 15) is 5.26 Å². The molecule has 0 N–H and O–H groups in total. The SMILES string of the molecule is N#Cc1cc(-n2c3ccccc3c3cc(-c4ccccc4)ccc32)c(-c2c(C(F)(F)F)cccc2C(F)(F)F)cc1-n1c2ccccc2c2cc(-c3ccccc3)ccc21. The molecule has 0 radical (unpaired) electrons. The number of para-hydroxylation sites is 2. The maximum absolute atomic E-state index is 15.2. The first-order valence-corrected chi connectivity index (χ1v) is 19.0. The van der Waals surface area contributed by atoms with Crippen LogP contribution in [0.2, 0.25) is 0 Å². The molecular weight excluding hydrogens is 769 g/mol. The number of rotatable bonds is 5. The third kappa shape index (κ3) is 5.91. The number of alkyl halides is 6. The summed E-state index contributed by atoms with van der Waals surface area (Å²) in [5, 5.41) is 14.0.